The van der Waals surface area contributed by atoms with E-state index >= 15 is 0 Å². The third-order valence-corrected chi connectivity index (χ3v) is 6.02. The minimum Gasteiger partial charge on any atom is -0.324 e. The van der Waals surface area contributed by atoms with Gasteiger partial charge in [0.25, 0.3) is 5.95 Å². The first-order chi connectivity index (χ1) is 18.1. The van der Waals surface area contributed by atoms with Gasteiger partial charge in [0.2, 0.25) is 11.9 Å². The lowest BCUT2D eigenvalue weighted by molar-refractivity contribution is 0.767. The van der Waals surface area contributed by atoms with Crippen molar-refractivity contribution in [3.8, 4) is 5.95 Å². The van der Waals surface area contributed by atoms with Crippen LogP contribution in [0.1, 0.15) is 17.0 Å². The van der Waals surface area contributed by atoms with Gasteiger partial charge in [-0.05, 0) is 59.7 Å². The van der Waals surface area contributed by atoms with E-state index in [2.05, 4.69) is 66.2 Å². The molecule has 0 saturated carbocycles. The van der Waals surface area contributed by atoms with Crippen LogP contribution in [0.15, 0.2) is 96.1 Å². The summed E-state index contributed by atoms with van der Waals surface area (Å²) in [5.74, 6) is 1.08. The maximum atomic E-state index is 4.60. The fourth-order valence-electron chi connectivity index (χ4n) is 4.39. The molecule has 0 saturated heterocycles. The quantitative estimate of drug-likeness (QED) is 0.167. The van der Waals surface area contributed by atoms with Gasteiger partial charge in [0.05, 0.1) is 11.9 Å². The molecule has 0 fully saturated rings. The minimum absolute atomic E-state index is 0.303. The molecule has 8 nitrogen and oxygen atoms in total. The van der Waals surface area contributed by atoms with Crippen LogP contribution in [0.3, 0.4) is 0 Å². The molecule has 0 radical (unpaired) electrons. The average molecular weight is 485 g/mol. The van der Waals surface area contributed by atoms with Gasteiger partial charge < -0.3 is 5.32 Å². The van der Waals surface area contributed by atoms with Gasteiger partial charge in [-0.25, -0.2) is 10.1 Å². The molecule has 37 heavy (non-hydrogen) atoms. The monoisotopic (exact) mass is 484 g/mol. The van der Waals surface area contributed by atoms with Crippen LogP contribution in [-0.4, -0.2) is 30.9 Å². The second-order valence-electron chi connectivity index (χ2n) is 8.72. The van der Waals surface area contributed by atoms with Gasteiger partial charge in [0, 0.05) is 16.9 Å². The first kappa shape index (κ1) is 22.4. The van der Waals surface area contributed by atoms with Crippen LogP contribution in [0.2, 0.25) is 0 Å². The highest BCUT2D eigenvalue weighted by molar-refractivity contribution is 6.13. The summed E-state index contributed by atoms with van der Waals surface area (Å²) in [6.45, 7) is 3.90. The van der Waals surface area contributed by atoms with E-state index < -0.39 is 0 Å². The van der Waals surface area contributed by atoms with Crippen molar-refractivity contribution in [2.24, 2.45) is 5.10 Å². The van der Waals surface area contributed by atoms with Crippen molar-refractivity contribution in [3.63, 3.8) is 0 Å². The van der Waals surface area contributed by atoms with E-state index in [1.807, 2.05) is 80.7 Å². The maximum Gasteiger partial charge on any atom is 0.257 e. The van der Waals surface area contributed by atoms with Crippen LogP contribution in [0.5, 0.6) is 0 Å². The molecule has 6 rings (SSSR count). The standard InChI is InChI=1S/C29H24N8/c1-19-16-20(2)37(36-19)29-33-27(31-23-12-4-3-5-13-23)32-28(34-29)35-30-18-26-24-14-8-6-10-21(24)17-22-11-7-9-15-25(22)26/h3-18H,1-2H3,(H2,31,32,33,34,35)/b30-18-. The summed E-state index contributed by atoms with van der Waals surface area (Å²) < 4.78 is 1.69. The van der Waals surface area contributed by atoms with E-state index in [0.29, 0.717) is 17.8 Å². The summed E-state index contributed by atoms with van der Waals surface area (Å²) in [4.78, 5) is 13.7. The Morgan fingerprint density at radius 1 is 0.730 bits per heavy atom. The number of aromatic nitrogens is 5. The lowest BCUT2D eigenvalue weighted by atomic mass is 9.97. The molecule has 0 unspecified atom stereocenters. The predicted molar refractivity (Wildman–Crippen MR) is 149 cm³/mol. The zero-order chi connectivity index (χ0) is 25.2. The summed E-state index contributed by atoms with van der Waals surface area (Å²) in [5.41, 5.74) is 6.70. The van der Waals surface area contributed by atoms with Gasteiger partial charge in [-0.2, -0.15) is 25.2 Å². The van der Waals surface area contributed by atoms with Gasteiger partial charge >= 0.3 is 0 Å². The molecule has 0 bridgehead atoms. The van der Waals surface area contributed by atoms with Gasteiger partial charge in [0.1, 0.15) is 0 Å². The largest absolute Gasteiger partial charge is 0.324 e. The van der Waals surface area contributed by atoms with Crippen LogP contribution in [0.4, 0.5) is 17.6 Å². The van der Waals surface area contributed by atoms with Crippen molar-refractivity contribution in [1.29, 1.82) is 0 Å². The number of nitrogens with zero attached hydrogens (tertiary/aromatic N) is 6. The fourth-order valence-corrected chi connectivity index (χ4v) is 4.39. The molecule has 2 heterocycles. The molecule has 2 N–H and O–H groups in total. The lowest BCUT2D eigenvalue weighted by Gasteiger charge is -2.10. The number of anilines is 3. The van der Waals surface area contributed by atoms with E-state index in [4.69, 9.17) is 0 Å². The molecular formula is C29H24N8. The Labute approximate surface area is 213 Å². The molecule has 2 aromatic heterocycles. The van der Waals surface area contributed by atoms with Gasteiger partial charge in [-0.15, -0.1) is 0 Å². The number of aryl methyl sites for hydroxylation is 2. The molecular weight excluding hydrogens is 460 g/mol. The molecule has 0 spiro atoms. The van der Waals surface area contributed by atoms with E-state index in [1.54, 1.807) is 4.68 Å². The third kappa shape index (κ3) is 4.60. The highest BCUT2D eigenvalue weighted by Gasteiger charge is 2.12. The summed E-state index contributed by atoms with van der Waals surface area (Å²) in [6, 6.07) is 30.5. The lowest BCUT2D eigenvalue weighted by Crippen LogP contribution is -2.11. The van der Waals surface area contributed by atoms with E-state index in [-0.39, 0.29) is 0 Å². The molecule has 180 valence electrons. The Hall–Kier alpha value is -5.11. The van der Waals surface area contributed by atoms with Crippen molar-refractivity contribution in [2.75, 3.05) is 10.7 Å². The highest BCUT2D eigenvalue weighted by atomic mass is 15.4. The topological polar surface area (TPSA) is 92.9 Å². The van der Waals surface area contributed by atoms with E-state index in [0.717, 1.165) is 44.2 Å². The first-order valence-corrected chi connectivity index (χ1v) is 12.0. The summed E-state index contributed by atoms with van der Waals surface area (Å²) in [6.07, 6.45) is 1.82. The maximum absolute atomic E-state index is 4.60. The molecule has 0 aliphatic carbocycles. The highest BCUT2D eigenvalue weighted by Crippen LogP contribution is 2.27. The number of nitrogens with one attached hydrogen (secondary N) is 2. The Morgan fingerprint density at radius 3 is 2.05 bits per heavy atom. The van der Waals surface area contributed by atoms with Crippen LogP contribution in [0.25, 0.3) is 27.5 Å². The number of rotatable bonds is 6. The van der Waals surface area contributed by atoms with E-state index in [1.165, 1.54) is 0 Å². The second-order valence-corrected chi connectivity index (χ2v) is 8.72. The SMILES string of the molecule is Cc1cc(C)n(-c2nc(N/N=C\c3c4ccccc4cc4ccccc34)nc(Nc3ccccc3)n2)n1. The summed E-state index contributed by atoms with van der Waals surface area (Å²) >= 11 is 0. The minimum atomic E-state index is 0.303. The van der Waals surface area contributed by atoms with Crippen molar-refractivity contribution >= 4 is 45.3 Å². The molecule has 6 aromatic rings. The van der Waals surface area contributed by atoms with Crippen molar-refractivity contribution in [3.05, 3.63) is 108 Å². The summed E-state index contributed by atoms with van der Waals surface area (Å²) in [5, 5.41) is 16.9. The Bertz CT molecular complexity index is 1700. The zero-order valence-corrected chi connectivity index (χ0v) is 20.4. The number of benzene rings is 4. The molecule has 0 atom stereocenters. The molecule has 8 heteroatoms. The van der Waals surface area contributed by atoms with Crippen LogP contribution >= 0.6 is 0 Å². The number of fused-ring (bicyclic) bond motifs is 2. The first-order valence-electron chi connectivity index (χ1n) is 12.0. The number of hydrogen-bond acceptors (Lipinski definition) is 7. The third-order valence-electron chi connectivity index (χ3n) is 6.02. The molecule has 0 aliphatic heterocycles. The second kappa shape index (κ2) is 9.50. The smallest absolute Gasteiger partial charge is 0.257 e. The molecule has 0 amide bonds. The van der Waals surface area contributed by atoms with Crippen LogP contribution in [0, 0.1) is 13.8 Å². The molecule has 4 aromatic carbocycles. The number of hydrogen-bond donors (Lipinski definition) is 2. The Morgan fingerprint density at radius 2 is 1.38 bits per heavy atom. The average Bonchev–Trinajstić information content (AvgIpc) is 3.26. The normalized spacial score (nSPS) is 11.4. The van der Waals surface area contributed by atoms with Gasteiger partial charge in [-0.3, -0.25) is 0 Å². The number of hydrazone groups is 1. The zero-order valence-electron chi connectivity index (χ0n) is 20.4. The number of para-hydroxylation sites is 1. The fraction of sp³-hybridized carbons (Fsp3) is 0.0690. The van der Waals surface area contributed by atoms with Crippen molar-refractivity contribution in [2.45, 2.75) is 13.8 Å². The summed E-state index contributed by atoms with van der Waals surface area (Å²) in [7, 11) is 0. The van der Waals surface area contributed by atoms with Crippen LogP contribution in [-0.2, 0) is 0 Å². The van der Waals surface area contributed by atoms with Crippen molar-refractivity contribution in [1.82, 2.24) is 24.7 Å². The van der Waals surface area contributed by atoms with Gasteiger partial charge in [-0.1, -0.05) is 66.7 Å². The predicted octanol–water partition coefficient (Wildman–Crippen LogP) is 6.17. The Kier molecular flexibility index (Phi) is 5.74. The van der Waals surface area contributed by atoms with Crippen LogP contribution < -0.4 is 10.7 Å². The molecule has 0 aliphatic rings. The Balaban J connectivity index is 1.39. The van der Waals surface area contributed by atoms with E-state index in [9.17, 15) is 0 Å². The van der Waals surface area contributed by atoms with Gasteiger partial charge in [0.15, 0.2) is 0 Å². The van der Waals surface area contributed by atoms with Crippen molar-refractivity contribution < 1.29 is 0 Å².